The SMILES string of the molecule is CC(C)O[C@@H](C(=O)O[C@@H]1CCCC[C@H]1C(C)(C)c1ccc(-c2ccccc2)cc1)c1ccccc1. The molecule has 3 atom stereocenters. The van der Waals surface area contributed by atoms with E-state index in [1.807, 2.05) is 50.2 Å². The predicted molar refractivity (Wildman–Crippen MR) is 142 cm³/mol. The second-order valence-corrected chi connectivity index (χ2v) is 10.5. The van der Waals surface area contributed by atoms with E-state index in [0.29, 0.717) is 0 Å². The number of rotatable bonds is 8. The number of hydrogen-bond acceptors (Lipinski definition) is 3. The van der Waals surface area contributed by atoms with Crippen LogP contribution in [-0.4, -0.2) is 18.2 Å². The molecule has 0 bridgehead atoms. The van der Waals surface area contributed by atoms with Crippen molar-refractivity contribution in [3.05, 3.63) is 96.1 Å². The summed E-state index contributed by atoms with van der Waals surface area (Å²) >= 11 is 0. The summed E-state index contributed by atoms with van der Waals surface area (Å²) in [7, 11) is 0. The van der Waals surface area contributed by atoms with Gasteiger partial charge in [0.1, 0.15) is 6.10 Å². The van der Waals surface area contributed by atoms with Gasteiger partial charge in [-0.15, -0.1) is 0 Å². The molecule has 3 heteroatoms. The van der Waals surface area contributed by atoms with E-state index in [9.17, 15) is 4.79 Å². The average Bonchev–Trinajstić information content (AvgIpc) is 2.88. The lowest BCUT2D eigenvalue weighted by molar-refractivity contribution is -0.172. The summed E-state index contributed by atoms with van der Waals surface area (Å²) in [5, 5.41) is 0. The minimum absolute atomic E-state index is 0.0746. The van der Waals surface area contributed by atoms with Crippen molar-refractivity contribution in [3.8, 4) is 11.1 Å². The lowest BCUT2D eigenvalue weighted by atomic mass is 9.66. The van der Waals surface area contributed by atoms with E-state index >= 15 is 0 Å². The third-order valence-corrected chi connectivity index (χ3v) is 7.36. The Bertz CT molecular complexity index is 1070. The summed E-state index contributed by atoms with van der Waals surface area (Å²) in [4.78, 5) is 13.4. The predicted octanol–water partition coefficient (Wildman–Crippen LogP) is 7.90. The van der Waals surface area contributed by atoms with Crippen LogP contribution in [0.4, 0.5) is 0 Å². The lowest BCUT2D eigenvalue weighted by Gasteiger charge is -2.42. The molecular weight excluding hydrogens is 432 g/mol. The Morgan fingerprint density at radius 2 is 1.37 bits per heavy atom. The third-order valence-electron chi connectivity index (χ3n) is 7.36. The number of carbonyl (C=O) groups excluding carboxylic acids is 1. The van der Waals surface area contributed by atoms with Crippen LogP contribution in [0.25, 0.3) is 11.1 Å². The van der Waals surface area contributed by atoms with Gasteiger partial charge >= 0.3 is 5.97 Å². The fraction of sp³-hybridized carbons (Fsp3) is 0.406. The maximum atomic E-state index is 13.4. The molecule has 0 spiro atoms. The molecule has 0 radical (unpaired) electrons. The van der Waals surface area contributed by atoms with E-state index in [2.05, 4.69) is 62.4 Å². The fourth-order valence-electron chi connectivity index (χ4n) is 5.38. The summed E-state index contributed by atoms with van der Waals surface area (Å²) in [5.41, 5.74) is 4.44. The van der Waals surface area contributed by atoms with Crippen LogP contribution in [0.15, 0.2) is 84.9 Å². The van der Waals surface area contributed by atoms with Crippen LogP contribution in [0.1, 0.15) is 70.6 Å². The molecule has 0 saturated heterocycles. The maximum absolute atomic E-state index is 13.4. The molecule has 3 aromatic carbocycles. The number of benzene rings is 3. The Morgan fingerprint density at radius 1 is 0.800 bits per heavy atom. The molecule has 0 aromatic heterocycles. The Morgan fingerprint density at radius 3 is 2.00 bits per heavy atom. The van der Waals surface area contributed by atoms with Crippen LogP contribution in [0, 0.1) is 5.92 Å². The summed E-state index contributed by atoms with van der Waals surface area (Å²) in [6, 6.07) is 29.0. The quantitative estimate of drug-likeness (QED) is 0.314. The molecule has 4 rings (SSSR count). The molecule has 1 aliphatic carbocycles. The number of carbonyl (C=O) groups is 1. The van der Waals surface area contributed by atoms with Gasteiger partial charge in [-0.3, -0.25) is 0 Å². The molecule has 0 unspecified atom stereocenters. The molecule has 1 saturated carbocycles. The molecule has 0 N–H and O–H groups in total. The van der Waals surface area contributed by atoms with E-state index in [4.69, 9.17) is 9.47 Å². The monoisotopic (exact) mass is 470 g/mol. The number of esters is 1. The van der Waals surface area contributed by atoms with Gasteiger partial charge in [-0.2, -0.15) is 0 Å². The van der Waals surface area contributed by atoms with Crippen molar-refractivity contribution >= 4 is 5.97 Å². The summed E-state index contributed by atoms with van der Waals surface area (Å²) in [6.45, 7) is 8.49. The highest BCUT2D eigenvalue weighted by Crippen LogP contribution is 2.43. The van der Waals surface area contributed by atoms with Crippen LogP contribution in [-0.2, 0) is 19.7 Å². The first-order valence-electron chi connectivity index (χ1n) is 12.9. The molecule has 1 fully saturated rings. The lowest BCUT2D eigenvalue weighted by Crippen LogP contribution is -2.42. The van der Waals surface area contributed by atoms with E-state index in [0.717, 1.165) is 31.2 Å². The molecule has 3 nitrogen and oxygen atoms in total. The molecule has 0 aliphatic heterocycles. The van der Waals surface area contributed by atoms with Crippen molar-refractivity contribution in [1.29, 1.82) is 0 Å². The van der Waals surface area contributed by atoms with Gasteiger partial charge in [0, 0.05) is 5.92 Å². The standard InChI is InChI=1S/C32H38O3/c1-23(2)34-30(26-15-9-6-10-16-26)31(33)35-29-18-12-11-17-28(29)32(3,4)27-21-19-25(20-22-27)24-13-7-5-8-14-24/h5-10,13-16,19-23,28-30H,11-12,17-18H2,1-4H3/t28-,29-,30-/m1/s1. The Balaban J connectivity index is 1.54. The molecule has 0 heterocycles. The Labute approximate surface area is 210 Å². The van der Waals surface area contributed by atoms with Gasteiger partial charge in [0.15, 0.2) is 6.10 Å². The van der Waals surface area contributed by atoms with Crippen molar-refractivity contribution in [1.82, 2.24) is 0 Å². The first kappa shape index (κ1) is 25.2. The van der Waals surface area contributed by atoms with E-state index < -0.39 is 6.10 Å². The molecule has 35 heavy (non-hydrogen) atoms. The van der Waals surface area contributed by atoms with Gasteiger partial charge in [0.2, 0.25) is 0 Å². The molecule has 184 valence electrons. The molecule has 1 aliphatic rings. The van der Waals surface area contributed by atoms with Crippen LogP contribution in [0.5, 0.6) is 0 Å². The van der Waals surface area contributed by atoms with Gasteiger partial charge in [0.05, 0.1) is 6.10 Å². The highest BCUT2D eigenvalue weighted by Gasteiger charge is 2.41. The summed E-state index contributed by atoms with van der Waals surface area (Å²) in [5.74, 6) is -0.0322. The largest absolute Gasteiger partial charge is 0.460 e. The first-order valence-corrected chi connectivity index (χ1v) is 12.9. The minimum atomic E-state index is -0.702. The zero-order chi connectivity index (χ0) is 24.8. The smallest absolute Gasteiger partial charge is 0.340 e. The summed E-state index contributed by atoms with van der Waals surface area (Å²) in [6.07, 6.45) is 3.29. The molecule has 0 amide bonds. The van der Waals surface area contributed by atoms with E-state index in [1.54, 1.807) is 0 Å². The van der Waals surface area contributed by atoms with Crippen molar-refractivity contribution < 1.29 is 14.3 Å². The van der Waals surface area contributed by atoms with Gasteiger partial charge < -0.3 is 9.47 Å². The zero-order valence-electron chi connectivity index (χ0n) is 21.4. The highest BCUT2D eigenvalue weighted by molar-refractivity contribution is 5.76. The zero-order valence-corrected chi connectivity index (χ0v) is 21.4. The first-order chi connectivity index (χ1) is 16.9. The van der Waals surface area contributed by atoms with Gasteiger partial charge in [-0.25, -0.2) is 4.79 Å². The third kappa shape index (κ3) is 6.02. The maximum Gasteiger partial charge on any atom is 0.340 e. The van der Waals surface area contributed by atoms with Crippen LogP contribution in [0.3, 0.4) is 0 Å². The summed E-state index contributed by atoms with van der Waals surface area (Å²) < 4.78 is 12.3. The van der Waals surface area contributed by atoms with Gasteiger partial charge in [-0.1, -0.05) is 105 Å². The topological polar surface area (TPSA) is 35.5 Å². The van der Waals surface area contributed by atoms with Gasteiger partial charge in [-0.05, 0) is 60.8 Å². The molecular formula is C32H38O3. The van der Waals surface area contributed by atoms with Gasteiger partial charge in [0.25, 0.3) is 0 Å². The normalized spacial score (nSPS) is 19.3. The second kappa shape index (κ2) is 11.2. The van der Waals surface area contributed by atoms with Crippen LogP contribution < -0.4 is 0 Å². The van der Waals surface area contributed by atoms with Crippen LogP contribution in [0.2, 0.25) is 0 Å². The highest BCUT2D eigenvalue weighted by atomic mass is 16.6. The van der Waals surface area contributed by atoms with Crippen molar-refractivity contribution in [2.45, 2.75) is 77.1 Å². The van der Waals surface area contributed by atoms with Crippen molar-refractivity contribution in [2.24, 2.45) is 5.92 Å². The minimum Gasteiger partial charge on any atom is -0.460 e. The Kier molecular flexibility index (Phi) is 8.07. The number of hydrogen-bond donors (Lipinski definition) is 0. The van der Waals surface area contributed by atoms with Crippen molar-refractivity contribution in [3.63, 3.8) is 0 Å². The van der Waals surface area contributed by atoms with E-state index in [1.165, 1.54) is 16.7 Å². The fourth-order valence-corrected chi connectivity index (χ4v) is 5.38. The number of ether oxygens (including phenoxy) is 2. The van der Waals surface area contributed by atoms with Crippen LogP contribution >= 0.6 is 0 Å². The van der Waals surface area contributed by atoms with E-state index in [-0.39, 0.29) is 29.5 Å². The Hall–Kier alpha value is -2.91. The average molecular weight is 471 g/mol. The molecule has 3 aromatic rings. The van der Waals surface area contributed by atoms with Crippen molar-refractivity contribution in [2.75, 3.05) is 0 Å². The second-order valence-electron chi connectivity index (χ2n) is 10.5.